The average molecular weight is 447 g/mol. The second kappa shape index (κ2) is 7.00. The first-order valence-corrected chi connectivity index (χ1v) is 11.6. The maximum Gasteiger partial charge on any atom is 0.243 e. The van der Waals surface area contributed by atoms with Gasteiger partial charge in [-0.2, -0.15) is 4.31 Å². The minimum absolute atomic E-state index is 0.148. The van der Waals surface area contributed by atoms with E-state index in [0.717, 1.165) is 23.0 Å². The van der Waals surface area contributed by atoms with Gasteiger partial charge in [0.05, 0.1) is 4.90 Å². The summed E-state index contributed by atoms with van der Waals surface area (Å²) in [6.45, 7) is 2.71. The molecule has 1 saturated heterocycles. The maximum atomic E-state index is 13.2. The van der Waals surface area contributed by atoms with Gasteiger partial charge in [0.15, 0.2) is 0 Å². The minimum atomic E-state index is -3.39. The summed E-state index contributed by atoms with van der Waals surface area (Å²) < 4.78 is 29.1. The van der Waals surface area contributed by atoms with Crippen molar-refractivity contribution in [3.05, 3.63) is 29.8 Å². The molecule has 1 aromatic rings. The van der Waals surface area contributed by atoms with Gasteiger partial charge >= 0.3 is 0 Å². The molecule has 2 aliphatic rings. The molecule has 0 aromatic heterocycles. The molecular weight excluding hydrogens is 421 g/mol. The number of nitrogens with zero attached hydrogens (tertiary/aromatic N) is 1. The molecular formula is C18H26INO2S. The van der Waals surface area contributed by atoms with Crippen molar-refractivity contribution < 1.29 is 8.42 Å². The van der Waals surface area contributed by atoms with E-state index in [1.165, 1.54) is 38.5 Å². The van der Waals surface area contributed by atoms with Gasteiger partial charge in [0.25, 0.3) is 0 Å². The highest BCUT2D eigenvalue weighted by Gasteiger charge is 2.44. The lowest BCUT2D eigenvalue weighted by molar-refractivity contribution is 0.0727. The highest BCUT2D eigenvalue weighted by atomic mass is 127. The second-order valence-electron chi connectivity index (χ2n) is 7.27. The smallest absolute Gasteiger partial charge is 0.207 e. The number of rotatable bonds is 3. The van der Waals surface area contributed by atoms with Crippen LogP contribution in [0.3, 0.4) is 0 Å². The third-order valence-electron chi connectivity index (χ3n) is 5.63. The number of hydrogen-bond acceptors (Lipinski definition) is 2. The van der Waals surface area contributed by atoms with Gasteiger partial charge in [-0.15, -0.1) is 0 Å². The van der Waals surface area contributed by atoms with Crippen molar-refractivity contribution in [2.45, 2.75) is 62.8 Å². The lowest BCUT2D eigenvalue weighted by atomic mass is 9.69. The summed E-state index contributed by atoms with van der Waals surface area (Å²) in [4.78, 5) is 0.450. The molecule has 1 spiro atoms. The Morgan fingerprint density at radius 2 is 1.78 bits per heavy atom. The molecule has 0 amide bonds. The molecule has 23 heavy (non-hydrogen) atoms. The summed E-state index contributed by atoms with van der Waals surface area (Å²) in [5.74, 6) is 0. The van der Waals surface area contributed by atoms with Crippen molar-refractivity contribution >= 4 is 32.6 Å². The maximum absolute atomic E-state index is 13.2. The first-order chi connectivity index (χ1) is 11.0. The lowest BCUT2D eigenvalue weighted by Crippen LogP contribution is -2.52. The molecule has 5 heteroatoms. The van der Waals surface area contributed by atoms with E-state index in [1.54, 1.807) is 12.1 Å². The predicted molar refractivity (Wildman–Crippen MR) is 102 cm³/mol. The number of sulfonamides is 1. The Bertz CT molecular complexity index is 635. The Morgan fingerprint density at radius 1 is 1.13 bits per heavy atom. The van der Waals surface area contributed by atoms with Crippen LogP contribution >= 0.6 is 22.6 Å². The van der Waals surface area contributed by atoms with Crippen LogP contribution in [0.4, 0.5) is 0 Å². The fraction of sp³-hybridized carbons (Fsp3) is 0.667. The van der Waals surface area contributed by atoms with Crippen LogP contribution in [0.2, 0.25) is 0 Å². The molecule has 128 valence electrons. The topological polar surface area (TPSA) is 37.4 Å². The molecule has 1 heterocycles. The van der Waals surface area contributed by atoms with Gasteiger partial charge < -0.3 is 0 Å². The fourth-order valence-electron chi connectivity index (χ4n) is 4.15. The van der Waals surface area contributed by atoms with E-state index < -0.39 is 10.0 Å². The van der Waals surface area contributed by atoms with E-state index in [-0.39, 0.29) is 11.5 Å². The summed E-state index contributed by atoms with van der Waals surface area (Å²) in [7, 11) is -3.39. The number of benzene rings is 1. The molecule has 1 aliphatic heterocycles. The van der Waals surface area contributed by atoms with Crippen LogP contribution in [0.1, 0.15) is 50.5 Å². The lowest BCUT2D eigenvalue weighted by Gasteiger charge is -2.47. The summed E-state index contributed by atoms with van der Waals surface area (Å²) in [5.41, 5.74) is 1.33. The van der Waals surface area contributed by atoms with Crippen LogP contribution in [-0.4, -0.2) is 29.7 Å². The SMILES string of the molecule is Cc1ccc(S(=O)(=O)N2CC3(CCCCC3)CCC2CI)cc1. The predicted octanol–water partition coefficient (Wildman–Crippen LogP) is 4.53. The zero-order valence-electron chi connectivity index (χ0n) is 13.8. The molecule has 1 atom stereocenters. The Labute approximate surface area is 154 Å². The molecule has 3 nitrogen and oxygen atoms in total. The third kappa shape index (κ3) is 3.61. The van der Waals surface area contributed by atoms with Crippen LogP contribution in [-0.2, 0) is 10.0 Å². The van der Waals surface area contributed by atoms with Crippen molar-refractivity contribution in [1.82, 2.24) is 4.31 Å². The summed E-state index contributed by atoms with van der Waals surface area (Å²) in [6.07, 6.45) is 8.42. The Hall–Kier alpha value is -0.140. The fourth-order valence-corrected chi connectivity index (χ4v) is 7.10. The average Bonchev–Trinajstić information content (AvgIpc) is 2.56. The summed E-state index contributed by atoms with van der Waals surface area (Å²) in [5, 5.41) is 0. The van der Waals surface area contributed by atoms with Crippen molar-refractivity contribution in [2.24, 2.45) is 5.41 Å². The highest BCUT2D eigenvalue weighted by molar-refractivity contribution is 14.1. The van der Waals surface area contributed by atoms with E-state index >= 15 is 0 Å². The van der Waals surface area contributed by atoms with Gasteiger partial charge in [-0.3, -0.25) is 0 Å². The number of alkyl halides is 1. The van der Waals surface area contributed by atoms with E-state index in [9.17, 15) is 8.42 Å². The van der Waals surface area contributed by atoms with Crippen molar-refractivity contribution in [1.29, 1.82) is 0 Å². The van der Waals surface area contributed by atoms with Crippen molar-refractivity contribution in [3.63, 3.8) is 0 Å². The van der Waals surface area contributed by atoms with Crippen LogP contribution < -0.4 is 0 Å². The Kier molecular flexibility index (Phi) is 5.38. The van der Waals surface area contributed by atoms with Crippen LogP contribution in [0, 0.1) is 12.3 Å². The van der Waals surface area contributed by atoms with Crippen LogP contribution in [0.25, 0.3) is 0 Å². The van der Waals surface area contributed by atoms with Gasteiger partial charge in [0.2, 0.25) is 10.0 Å². The first-order valence-electron chi connectivity index (χ1n) is 8.61. The molecule has 1 aliphatic carbocycles. The molecule has 1 saturated carbocycles. The molecule has 2 fully saturated rings. The molecule has 1 unspecified atom stereocenters. The molecule has 0 N–H and O–H groups in total. The quantitative estimate of drug-likeness (QED) is 0.504. The van der Waals surface area contributed by atoms with Gasteiger partial charge in [-0.25, -0.2) is 8.42 Å². The van der Waals surface area contributed by atoms with Crippen molar-refractivity contribution in [3.8, 4) is 0 Å². The zero-order valence-corrected chi connectivity index (χ0v) is 16.8. The Morgan fingerprint density at radius 3 is 2.39 bits per heavy atom. The van der Waals surface area contributed by atoms with Gasteiger partial charge in [0.1, 0.15) is 0 Å². The summed E-state index contributed by atoms with van der Waals surface area (Å²) in [6, 6.07) is 7.46. The van der Waals surface area contributed by atoms with Crippen molar-refractivity contribution in [2.75, 3.05) is 11.0 Å². The first kappa shape index (κ1) is 17.7. The second-order valence-corrected chi connectivity index (χ2v) is 10.0. The molecule has 3 rings (SSSR count). The van der Waals surface area contributed by atoms with Gasteiger partial charge in [0, 0.05) is 17.0 Å². The molecule has 0 bridgehead atoms. The number of halogens is 1. The van der Waals surface area contributed by atoms with E-state index in [0.29, 0.717) is 4.90 Å². The largest absolute Gasteiger partial charge is 0.243 e. The number of hydrogen-bond donors (Lipinski definition) is 0. The van der Waals surface area contributed by atoms with Gasteiger partial charge in [-0.1, -0.05) is 59.5 Å². The van der Waals surface area contributed by atoms with E-state index in [1.807, 2.05) is 23.4 Å². The highest BCUT2D eigenvalue weighted by Crippen LogP contribution is 2.46. The number of piperidine rings is 1. The zero-order chi connectivity index (χ0) is 16.5. The van der Waals surface area contributed by atoms with E-state index in [4.69, 9.17) is 0 Å². The Balaban J connectivity index is 1.91. The molecule has 0 radical (unpaired) electrons. The summed E-state index contributed by atoms with van der Waals surface area (Å²) >= 11 is 2.34. The normalized spacial score (nSPS) is 25.6. The minimum Gasteiger partial charge on any atom is -0.207 e. The van der Waals surface area contributed by atoms with Gasteiger partial charge in [-0.05, 0) is 50.2 Å². The van der Waals surface area contributed by atoms with Crippen LogP contribution in [0.5, 0.6) is 0 Å². The third-order valence-corrected chi connectivity index (χ3v) is 8.56. The van der Waals surface area contributed by atoms with E-state index in [2.05, 4.69) is 22.6 Å². The number of aryl methyl sites for hydroxylation is 1. The standard InChI is InChI=1S/C18H26INO2S/c1-15-5-7-17(8-6-15)23(21,22)20-14-18(10-3-2-4-11-18)12-9-16(20)13-19/h5-8,16H,2-4,9-14H2,1H3. The van der Waals surface area contributed by atoms with Crippen LogP contribution in [0.15, 0.2) is 29.2 Å². The monoisotopic (exact) mass is 447 g/mol. The molecule has 1 aromatic carbocycles.